The summed E-state index contributed by atoms with van der Waals surface area (Å²) in [6.45, 7) is 9.02. The first-order valence-corrected chi connectivity index (χ1v) is 6.52. The lowest BCUT2D eigenvalue weighted by Gasteiger charge is -2.19. The Hall–Kier alpha value is -1.02. The number of unbranched alkanes of at least 4 members (excludes halogenated alkanes) is 5. The summed E-state index contributed by atoms with van der Waals surface area (Å²) in [5, 5.41) is 8.64. The normalized spacial score (nSPS) is 10.7. The third-order valence-corrected chi connectivity index (χ3v) is 2.82. The van der Waals surface area contributed by atoms with E-state index in [9.17, 15) is 0 Å². The van der Waals surface area contributed by atoms with Crippen LogP contribution in [-0.2, 0) is 0 Å². The SMILES string of the molecule is C=C/C=C\C(=C)N(C)CCCCCCCCO. The average molecular weight is 237 g/mol. The number of rotatable bonds is 11. The average Bonchev–Trinajstić information content (AvgIpc) is 2.34. The fraction of sp³-hybridized carbons (Fsp3) is 0.600. The Morgan fingerprint density at radius 1 is 1.12 bits per heavy atom. The molecule has 98 valence electrons. The minimum atomic E-state index is 0.332. The monoisotopic (exact) mass is 237 g/mol. The first-order chi connectivity index (χ1) is 8.22. The van der Waals surface area contributed by atoms with Gasteiger partial charge in [0.15, 0.2) is 0 Å². The van der Waals surface area contributed by atoms with Crippen LogP contribution in [0.15, 0.2) is 37.1 Å². The maximum atomic E-state index is 8.64. The topological polar surface area (TPSA) is 23.5 Å². The Kier molecular flexibility index (Phi) is 10.8. The quantitative estimate of drug-likeness (QED) is 0.439. The van der Waals surface area contributed by atoms with E-state index in [1.54, 1.807) is 6.08 Å². The Labute approximate surface area is 106 Å². The van der Waals surface area contributed by atoms with Crippen molar-refractivity contribution in [2.24, 2.45) is 0 Å². The van der Waals surface area contributed by atoms with Crippen molar-refractivity contribution >= 4 is 0 Å². The highest BCUT2D eigenvalue weighted by Crippen LogP contribution is 2.08. The first-order valence-electron chi connectivity index (χ1n) is 6.52. The summed E-state index contributed by atoms with van der Waals surface area (Å²) in [5.41, 5.74) is 1.03. The molecule has 0 saturated heterocycles. The summed E-state index contributed by atoms with van der Waals surface area (Å²) in [4.78, 5) is 2.17. The molecule has 17 heavy (non-hydrogen) atoms. The van der Waals surface area contributed by atoms with Gasteiger partial charge in [0.1, 0.15) is 0 Å². The van der Waals surface area contributed by atoms with Gasteiger partial charge in [0.25, 0.3) is 0 Å². The van der Waals surface area contributed by atoms with Gasteiger partial charge in [0.05, 0.1) is 0 Å². The van der Waals surface area contributed by atoms with Crippen LogP contribution in [0.4, 0.5) is 0 Å². The van der Waals surface area contributed by atoms with Crippen LogP contribution < -0.4 is 0 Å². The molecule has 2 heteroatoms. The number of likely N-dealkylation sites (N-methyl/N-ethyl adjacent to an activating group) is 1. The molecule has 0 saturated carbocycles. The molecule has 0 radical (unpaired) electrons. The molecule has 0 aromatic carbocycles. The summed E-state index contributed by atoms with van der Waals surface area (Å²) < 4.78 is 0. The molecule has 0 fully saturated rings. The molecule has 0 aromatic rings. The number of aliphatic hydroxyl groups is 1. The predicted octanol–water partition coefficient (Wildman–Crippen LogP) is 3.51. The predicted molar refractivity (Wildman–Crippen MR) is 75.9 cm³/mol. The molecule has 0 aliphatic heterocycles. The molecule has 0 heterocycles. The lowest BCUT2D eigenvalue weighted by atomic mass is 10.1. The summed E-state index contributed by atoms with van der Waals surface area (Å²) in [6.07, 6.45) is 12.7. The van der Waals surface area contributed by atoms with Gasteiger partial charge in [-0.1, -0.05) is 51.0 Å². The van der Waals surface area contributed by atoms with Crippen molar-refractivity contribution in [2.75, 3.05) is 20.2 Å². The number of nitrogens with zero attached hydrogens (tertiary/aromatic N) is 1. The van der Waals surface area contributed by atoms with Gasteiger partial charge in [-0.3, -0.25) is 0 Å². The second-order valence-corrected chi connectivity index (χ2v) is 4.35. The van der Waals surface area contributed by atoms with Crippen molar-refractivity contribution in [2.45, 2.75) is 38.5 Å². The number of aliphatic hydroxyl groups excluding tert-OH is 1. The lowest BCUT2D eigenvalue weighted by Crippen LogP contribution is -2.17. The highest BCUT2D eigenvalue weighted by atomic mass is 16.2. The number of hydrogen-bond donors (Lipinski definition) is 1. The molecule has 0 rings (SSSR count). The molecule has 0 spiro atoms. The molecular formula is C15H27NO. The van der Waals surface area contributed by atoms with E-state index < -0.39 is 0 Å². The van der Waals surface area contributed by atoms with Gasteiger partial charge in [0.2, 0.25) is 0 Å². The molecule has 2 nitrogen and oxygen atoms in total. The van der Waals surface area contributed by atoms with Crippen LogP contribution in [0.2, 0.25) is 0 Å². The van der Waals surface area contributed by atoms with Gasteiger partial charge in [-0.25, -0.2) is 0 Å². The third-order valence-electron chi connectivity index (χ3n) is 2.82. The van der Waals surface area contributed by atoms with E-state index in [0.717, 1.165) is 25.1 Å². The molecule has 0 amide bonds. The second-order valence-electron chi connectivity index (χ2n) is 4.35. The molecule has 0 aliphatic carbocycles. The van der Waals surface area contributed by atoms with Crippen molar-refractivity contribution in [3.8, 4) is 0 Å². The Morgan fingerprint density at radius 3 is 2.29 bits per heavy atom. The Bertz CT molecular complexity index is 233. The maximum Gasteiger partial charge on any atom is 0.0431 e. The Balaban J connectivity index is 3.44. The van der Waals surface area contributed by atoms with Crippen molar-refractivity contribution in [3.05, 3.63) is 37.1 Å². The van der Waals surface area contributed by atoms with Crippen LogP contribution in [0, 0.1) is 0 Å². The maximum absolute atomic E-state index is 8.64. The van der Waals surface area contributed by atoms with Crippen molar-refractivity contribution in [1.29, 1.82) is 0 Å². The smallest absolute Gasteiger partial charge is 0.0431 e. The summed E-state index contributed by atoms with van der Waals surface area (Å²) in [7, 11) is 2.07. The molecule has 1 N–H and O–H groups in total. The van der Waals surface area contributed by atoms with Crippen LogP contribution in [0.25, 0.3) is 0 Å². The van der Waals surface area contributed by atoms with Gasteiger partial charge in [-0.2, -0.15) is 0 Å². The largest absolute Gasteiger partial charge is 0.396 e. The standard InChI is InChI=1S/C15H27NO/c1-4-5-12-15(2)16(3)13-10-8-6-7-9-11-14-17/h4-5,12,17H,1-2,6-11,13-14H2,3H3/b12-5-. The summed E-state index contributed by atoms with van der Waals surface area (Å²) in [6, 6.07) is 0. The minimum Gasteiger partial charge on any atom is -0.396 e. The van der Waals surface area contributed by atoms with Crippen LogP contribution in [-0.4, -0.2) is 30.2 Å². The van der Waals surface area contributed by atoms with Gasteiger partial charge in [-0.05, 0) is 18.9 Å². The fourth-order valence-electron chi connectivity index (χ4n) is 1.62. The summed E-state index contributed by atoms with van der Waals surface area (Å²) in [5.74, 6) is 0. The van der Waals surface area contributed by atoms with E-state index in [0.29, 0.717) is 6.61 Å². The van der Waals surface area contributed by atoms with Gasteiger partial charge in [-0.15, -0.1) is 0 Å². The summed E-state index contributed by atoms with van der Waals surface area (Å²) >= 11 is 0. The van der Waals surface area contributed by atoms with Gasteiger partial charge >= 0.3 is 0 Å². The molecule has 0 unspecified atom stereocenters. The van der Waals surface area contributed by atoms with Crippen molar-refractivity contribution < 1.29 is 5.11 Å². The Morgan fingerprint density at radius 2 is 1.71 bits per heavy atom. The van der Waals surface area contributed by atoms with Crippen LogP contribution in [0.3, 0.4) is 0 Å². The second kappa shape index (κ2) is 11.5. The van der Waals surface area contributed by atoms with Crippen molar-refractivity contribution in [1.82, 2.24) is 4.90 Å². The molecule has 0 bridgehead atoms. The molecule has 0 aliphatic rings. The van der Waals surface area contributed by atoms with E-state index >= 15 is 0 Å². The van der Waals surface area contributed by atoms with E-state index in [1.807, 2.05) is 12.2 Å². The lowest BCUT2D eigenvalue weighted by molar-refractivity contribution is 0.282. The number of hydrogen-bond acceptors (Lipinski definition) is 2. The van der Waals surface area contributed by atoms with E-state index in [-0.39, 0.29) is 0 Å². The van der Waals surface area contributed by atoms with E-state index in [2.05, 4.69) is 25.1 Å². The number of allylic oxidation sites excluding steroid dienone is 3. The highest BCUT2D eigenvalue weighted by Gasteiger charge is 1.98. The fourth-order valence-corrected chi connectivity index (χ4v) is 1.62. The van der Waals surface area contributed by atoms with Crippen LogP contribution in [0.5, 0.6) is 0 Å². The molecular weight excluding hydrogens is 210 g/mol. The third kappa shape index (κ3) is 9.88. The zero-order chi connectivity index (χ0) is 12.9. The molecule has 0 atom stereocenters. The zero-order valence-corrected chi connectivity index (χ0v) is 11.2. The zero-order valence-electron chi connectivity index (χ0n) is 11.2. The van der Waals surface area contributed by atoms with Crippen LogP contribution in [0.1, 0.15) is 38.5 Å². The van der Waals surface area contributed by atoms with E-state index in [4.69, 9.17) is 5.11 Å². The van der Waals surface area contributed by atoms with Gasteiger partial charge in [0, 0.05) is 25.9 Å². The first kappa shape index (κ1) is 16.0. The minimum absolute atomic E-state index is 0.332. The highest BCUT2D eigenvalue weighted by molar-refractivity contribution is 5.16. The van der Waals surface area contributed by atoms with E-state index in [1.165, 1.54) is 25.7 Å². The van der Waals surface area contributed by atoms with Crippen molar-refractivity contribution in [3.63, 3.8) is 0 Å². The van der Waals surface area contributed by atoms with Gasteiger partial charge < -0.3 is 10.0 Å². The van der Waals surface area contributed by atoms with Crippen LogP contribution >= 0.6 is 0 Å². The molecule has 0 aromatic heterocycles.